The van der Waals surface area contributed by atoms with E-state index in [4.69, 9.17) is 0 Å². The van der Waals surface area contributed by atoms with Crippen LogP contribution in [-0.4, -0.2) is 64.8 Å². The van der Waals surface area contributed by atoms with Crippen LogP contribution in [0.3, 0.4) is 0 Å². The van der Waals surface area contributed by atoms with Crippen LogP contribution in [0.25, 0.3) is 0 Å². The zero-order chi connectivity index (χ0) is 13.1. The van der Waals surface area contributed by atoms with Crippen molar-refractivity contribution >= 4 is 17.2 Å². The number of hydrogen-bond acceptors (Lipinski definition) is 5. The van der Waals surface area contributed by atoms with E-state index in [0.29, 0.717) is 19.6 Å². The third-order valence-corrected chi connectivity index (χ3v) is 3.95. The van der Waals surface area contributed by atoms with Crippen LogP contribution in [0.15, 0.2) is 17.5 Å². The molecule has 5 nitrogen and oxygen atoms in total. The standard InChI is InChI=1S/C12H18N2O3S/c1-13(5-9-3-2-4-18-9)12(17)8-14-6-10(15)11(16)7-14/h2-4,10-11,15-16H,5-8H2,1H3. The third kappa shape index (κ3) is 3.29. The molecule has 1 saturated heterocycles. The van der Waals surface area contributed by atoms with Crippen molar-refractivity contribution in [2.24, 2.45) is 0 Å². The van der Waals surface area contributed by atoms with Gasteiger partial charge in [-0.3, -0.25) is 9.69 Å². The summed E-state index contributed by atoms with van der Waals surface area (Å²) in [4.78, 5) is 16.6. The number of carbonyl (C=O) groups excluding carboxylic acids is 1. The molecule has 18 heavy (non-hydrogen) atoms. The van der Waals surface area contributed by atoms with Crippen LogP contribution in [0.1, 0.15) is 4.88 Å². The van der Waals surface area contributed by atoms with E-state index in [1.54, 1.807) is 28.2 Å². The van der Waals surface area contributed by atoms with Gasteiger partial charge in [-0.25, -0.2) is 0 Å². The number of likely N-dealkylation sites (N-methyl/N-ethyl adjacent to an activating group) is 1. The molecule has 2 rings (SSSR count). The Labute approximate surface area is 110 Å². The maximum absolute atomic E-state index is 12.0. The van der Waals surface area contributed by atoms with Crippen molar-refractivity contribution in [1.82, 2.24) is 9.80 Å². The number of carbonyl (C=O) groups is 1. The van der Waals surface area contributed by atoms with E-state index in [0.717, 1.165) is 4.88 Å². The van der Waals surface area contributed by atoms with Gasteiger partial charge in [-0.1, -0.05) is 6.07 Å². The van der Waals surface area contributed by atoms with Crippen LogP contribution < -0.4 is 0 Å². The van der Waals surface area contributed by atoms with Gasteiger partial charge in [0.2, 0.25) is 5.91 Å². The van der Waals surface area contributed by atoms with Gasteiger partial charge < -0.3 is 15.1 Å². The second kappa shape index (κ2) is 5.79. The molecule has 0 radical (unpaired) electrons. The molecule has 1 aromatic heterocycles. The largest absolute Gasteiger partial charge is 0.389 e. The Morgan fingerprint density at radius 1 is 1.50 bits per heavy atom. The predicted molar refractivity (Wildman–Crippen MR) is 69.2 cm³/mol. The van der Waals surface area contributed by atoms with Gasteiger partial charge in [0.05, 0.1) is 25.3 Å². The molecular weight excluding hydrogens is 252 g/mol. The van der Waals surface area contributed by atoms with Crippen LogP contribution in [-0.2, 0) is 11.3 Å². The van der Waals surface area contributed by atoms with Crippen molar-refractivity contribution in [3.63, 3.8) is 0 Å². The highest BCUT2D eigenvalue weighted by Crippen LogP contribution is 2.13. The molecule has 1 fully saturated rings. The Morgan fingerprint density at radius 2 is 2.17 bits per heavy atom. The molecule has 2 unspecified atom stereocenters. The third-order valence-electron chi connectivity index (χ3n) is 3.09. The average Bonchev–Trinajstić information content (AvgIpc) is 2.90. The quantitative estimate of drug-likeness (QED) is 0.791. The first-order chi connectivity index (χ1) is 8.56. The molecule has 0 spiro atoms. The van der Waals surface area contributed by atoms with E-state index >= 15 is 0 Å². The number of amides is 1. The van der Waals surface area contributed by atoms with E-state index in [1.165, 1.54) is 0 Å². The topological polar surface area (TPSA) is 64.0 Å². The number of hydrogen-bond donors (Lipinski definition) is 2. The molecule has 2 N–H and O–H groups in total. The van der Waals surface area contributed by atoms with Crippen molar-refractivity contribution < 1.29 is 15.0 Å². The fourth-order valence-electron chi connectivity index (χ4n) is 2.01. The monoisotopic (exact) mass is 270 g/mol. The number of thiophene rings is 1. The smallest absolute Gasteiger partial charge is 0.236 e. The lowest BCUT2D eigenvalue weighted by Gasteiger charge is -2.20. The van der Waals surface area contributed by atoms with Crippen LogP contribution in [0.4, 0.5) is 0 Å². The van der Waals surface area contributed by atoms with Crippen LogP contribution in [0, 0.1) is 0 Å². The first kappa shape index (κ1) is 13.5. The number of rotatable bonds is 4. The molecule has 1 amide bonds. The number of nitrogens with zero attached hydrogens (tertiary/aromatic N) is 2. The lowest BCUT2D eigenvalue weighted by atomic mass is 10.3. The van der Waals surface area contributed by atoms with Crippen LogP contribution >= 0.6 is 11.3 Å². The van der Waals surface area contributed by atoms with E-state index in [2.05, 4.69) is 0 Å². The fraction of sp³-hybridized carbons (Fsp3) is 0.583. The molecule has 6 heteroatoms. The average molecular weight is 270 g/mol. The van der Waals surface area contributed by atoms with Crippen molar-refractivity contribution in [3.05, 3.63) is 22.4 Å². The Balaban J connectivity index is 1.81. The molecule has 100 valence electrons. The maximum Gasteiger partial charge on any atom is 0.236 e. The van der Waals surface area contributed by atoms with Gasteiger partial charge >= 0.3 is 0 Å². The minimum atomic E-state index is -0.736. The summed E-state index contributed by atoms with van der Waals surface area (Å²) in [5.41, 5.74) is 0. The molecular formula is C12H18N2O3S. The van der Waals surface area contributed by atoms with Gasteiger partial charge in [0.1, 0.15) is 0 Å². The minimum Gasteiger partial charge on any atom is -0.389 e. The summed E-state index contributed by atoms with van der Waals surface area (Å²) in [6, 6.07) is 3.96. The number of aliphatic hydroxyl groups is 2. The first-order valence-electron chi connectivity index (χ1n) is 5.91. The molecule has 0 saturated carbocycles. The zero-order valence-electron chi connectivity index (χ0n) is 10.3. The lowest BCUT2D eigenvalue weighted by molar-refractivity contribution is -0.131. The van der Waals surface area contributed by atoms with Crippen LogP contribution in [0.2, 0.25) is 0 Å². The molecule has 1 aromatic rings. The molecule has 1 aliphatic heterocycles. The molecule has 2 heterocycles. The Kier molecular flexibility index (Phi) is 4.34. The molecule has 0 aromatic carbocycles. The van der Waals surface area contributed by atoms with Crippen LogP contribution in [0.5, 0.6) is 0 Å². The SMILES string of the molecule is CN(Cc1cccs1)C(=O)CN1CC(O)C(O)C1. The summed E-state index contributed by atoms with van der Waals surface area (Å²) < 4.78 is 0. The minimum absolute atomic E-state index is 0.00435. The second-order valence-corrected chi connectivity index (χ2v) is 5.69. The molecule has 1 aliphatic rings. The summed E-state index contributed by atoms with van der Waals surface area (Å²) in [6.07, 6.45) is -1.47. The number of β-amino-alcohol motifs (C(OH)–C–C–N with tert-alkyl or cyclic N) is 2. The summed E-state index contributed by atoms with van der Waals surface area (Å²) in [6.45, 7) is 1.57. The van der Waals surface area contributed by atoms with Crippen molar-refractivity contribution in [3.8, 4) is 0 Å². The van der Waals surface area contributed by atoms with E-state index in [1.807, 2.05) is 17.5 Å². The summed E-state index contributed by atoms with van der Waals surface area (Å²) in [5, 5.41) is 20.8. The van der Waals surface area contributed by atoms with Gasteiger partial charge in [-0.2, -0.15) is 0 Å². The molecule has 2 atom stereocenters. The maximum atomic E-state index is 12.0. The first-order valence-corrected chi connectivity index (χ1v) is 6.79. The van der Waals surface area contributed by atoms with E-state index in [-0.39, 0.29) is 12.5 Å². The Bertz CT molecular complexity index is 386. The van der Waals surface area contributed by atoms with Crippen molar-refractivity contribution in [2.45, 2.75) is 18.8 Å². The summed E-state index contributed by atoms with van der Waals surface area (Å²) >= 11 is 1.62. The second-order valence-electron chi connectivity index (χ2n) is 4.66. The normalized spacial score (nSPS) is 24.4. The van der Waals surface area contributed by atoms with E-state index in [9.17, 15) is 15.0 Å². The Hall–Kier alpha value is -0.950. The van der Waals surface area contributed by atoms with Crippen molar-refractivity contribution in [2.75, 3.05) is 26.7 Å². The zero-order valence-corrected chi connectivity index (χ0v) is 11.1. The van der Waals surface area contributed by atoms with Crippen molar-refractivity contribution in [1.29, 1.82) is 0 Å². The van der Waals surface area contributed by atoms with Gasteiger partial charge in [0.15, 0.2) is 0 Å². The predicted octanol–water partition coefficient (Wildman–Crippen LogP) is -0.256. The number of aliphatic hydroxyl groups excluding tert-OH is 2. The lowest BCUT2D eigenvalue weighted by Crippen LogP contribution is -2.37. The van der Waals surface area contributed by atoms with Gasteiger partial charge in [-0.05, 0) is 11.4 Å². The van der Waals surface area contributed by atoms with E-state index < -0.39 is 12.2 Å². The van der Waals surface area contributed by atoms with Gasteiger partial charge in [0, 0.05) is 25.0 Å². The Morgan fingerprint density at radius 3 is 2.72 bits per heavy atom. The molecule has 0 bridgehead atoms. The molecule has 0 aliphatic carbocycles. The van der Waals surface area contributed by atoms with Gasteiger partial charge in [-0.15, -0.1) is 11.3 Å². The highest BCUT2D eigenvalue weighted by Gasteiger charge is 2.30. The summed E-state index contributed by atoms with van der Waals surface area (Å²) in [5.74, 6) is 0.00435. The fourth-order valence-corrected chi connectivity index (χ4v) is 2.77. The van der Waals surface area contributed by atoms with Gasteiger partial charge in [0.25, 0.3) is 0 Å². The highest BCUT2D eigenvalue weighted by molar-refractivity contribution is 7.09. The summed E-state index contributed by atoms with van der Waals surface area (Å²) in [7, 11) is 1.77. The highest BCUT2D eigenvalue weighted by atomic mass is 32.1. The number of likely N-dealkylation sites (tertiary alicyclic amines) is 1.